The zero-order valence-electron chi connectivity index (χ0n) is 19.3. The van der Waals surface area contributed by atoms with Crippen molar-refractivity contribution in [2.24, 2.45) is 10.1 Å². The maximum Gasteiger partial charge on any atom is 0.262 e. The highest BCUT2D eigenvalue weighted by molar-refractivity contribution is 8.15. The average Bonchev–Trinajstić information content (AvgIpc) is 3.45. The van der Waals surface area contributed by atoms with Gasteiger partial charge in [-0.3, -0.25) is 9.59 Å². The van der Waals surface area contributed by atoms with Crippen LogP contribution in [0.5, 0.6) is 0 Å². The first-order valence-corrected chi connectivity index (χ1v) is 12.3. The zero-order valence-corrected chi connectivity index (χ0v) is 20.1. The third-order valence-electron chi connectivity index (χ3n) is 5.99. The summed E-state index contributed by atoms with van der Waals surface area (Å²) in [7, 11) is 0. The van der Waals surface area contributed by atoms with Gasteiger partial charge in [-0.25, -0.2) is 13.8 Å². The molecule has 2 aliphatic heterocycles. The van der Waals surface area contributed by atoms with Gasteiger partial charge >= 0.3 is 0 Å². The highest BCUT2D eigenvalue weighted by Crippen LogP contribution is 2.38. The van der Waals surface area contributed by atoms with Gasteiger partial charge in [0, 0.05) is 12.8 Å². The van der Waals surface area contributed by atoms with E-state index in [1.807, 2.05) is 31.2 Å². The number of halogens is 2. The van der Waals surface area contributed by atoms with Gasteiger partial charge in [-0.1, -0.05) is 65.9 Å². The fraction of sp³-hybridized carbons (Fsp3) is 0.185. The van der Waals surface area contributed by atoms with Crippen molar-refractivity contribution >= 4 is 40.1 Å². The SMILES string of the molecule is Cc1ccc(C2CC(c3ccc(F)cc3)=NN2C2=NC(=O)C(CC(=O)Nc3ccccc3F)S2)cc1. The highest BCUT2D eigenvalue weighted by Gasteiger charge is 2.39. The van der Waals surface area contributed by atoms with Crippen molar-refractivity contribution in [3.05, 3.63) is 101 Å². The summed E-state index contributed by atoms with van der Waals surface area (Å²) in [6.07, 6.45) is 0.392. The van der Waals surface area contributed by atoms with Crippen LogP contribution in [-0.2, 0) is 9.59 Å². The van der Waals surface area contributed by atoms with Crippen molar-refractivity contribution in [2.45, 2.75) is 31.1 Å². The lowest BCUT2D eigenvalue weighted by atomic mass is 9.98. The monoisotopic (exact) mass is 504 g/mol. The van der Waals surface area contributed by atoms with E-state index in [2.05, 4.69) is 10.3 Å². The Hall–Kier alpha value is -3.85. The average molecular weight is 505 g/mol. The van der Waals surface area contributed by atoms with Gasteiger partial charge in [-0.05, 0) is 42.3 Å². The van der Waals surface area contributed by atoms with E-state index in [4.69, 9.17) is 5.10 Å². The molecular weight excluding hydrogens is 482 g/mol. The molecule has 0 saturated carbocycles. The van der Waals surface area contributed by atoms with E-state index >= 15 is 0 Å². The fourth-order valence-corrected chi connectivity index (χ4v) is 5.15. The van der Waals surface area contributed by atoms with Gasteiger partial charge in [-0.2, -0.15) is 10.1 Å². The first kappa shape index (κ1) is 23.9. The van der Waals surface area contributed by atoms with Crippen molar-refractivity contribution < 1.29 is 18.4 Å². The van der Waals surface area contributed by atoms with Gasteiger partial charge in [0.2, 0.25) is 5.91 Å². The quantitative estimate of drug-likeness (QED) is 0.501. The molecule has 3 aromatic carbocycles. The number of rotatable bonds is 5. The number of hydrogen-bond donors (Lipinski definition) is 1. The molecule has 0 aliphatic carbocycles. The van der Waals surface area contributed by atoms with Gasteiger partial charge < -0.3 is 5.32 Å². The lowest BCUT2D eigenvalue weighted by molar-refractivity contribution is -0.121. The molecule has 2 unspecified atom stereocenters. The van der Waals surface area contributed by atoms with E-state index in [-0.39, 0.29) is 24.0 Å². The van der Waals surface area contributed by atoms with Crippen LogP contribution in [0, 0.1) is 18.6 Å². The number of anilines is 1. The number of carbonyl (C=O) groups excluding carboxylic acids is 2. The van der Waals surface area contributed by atoms with Crippen LogP contribution in [0.1, 0.15) is 35.6 Å². The van der Waals surface area contributed by atoms with Crippen molar-refractivity contribution in [3.63, 3.8) is 0 Å². The molecule has 0 aromatic heterocycles. The first-order valence-electron chi connectivity index (χ1n) is 11.4. The molecule has 2 amide bonds. The zero-order chi connectivity index (χ0) is 25.2. The van der Waals surface area contributed by atoms with Crippen LogP contribution in [0.15, 0.2) is 82.9 Å². The highest BCUT2D eigenvalue weighted by atomic mass is 32.2. The van der Waals surface area contributed by atoms with Crippen LogP contribution < -0.4 is 5.32 Å². The Kier molecular flexibility index (Phi) is 6.65. The van der Waals surface area contributed by atoms with Crippen molar-refractivity contribution in [1.82, 2.24) is 5.01 Å². The second-order valence-electron chi connectivity index (χ2n) is 8.60. The van der Waals surface area contributed by atoms with Crippen molar-refractivity contribution in [1.29, 1.82) is 0 Å². The Balaban J connectivity index is 1.36. The Labute approximate surface area is 211 Å². The normalized spacial score (nSPS) is 19.3. The Morgan fingerprint density at radius 1 is 1.06 bits per heavy atom. The molecule has 2 heterocycles. The summed E-state index contributed by atoms with van der Waals surface area (Å²) in [5.74, 6) is -1.79. The molecule has 0 radical (unpaired) electrons. The standard InChI is InChI=1S/C27H22F2N4O2S/c1-16-6-8-18(9-7-16)23-14-22(17-10-12-19(28)13-11-17)32-33(23)27-31-26(35)24(36-27)15-25(34)30-21-5-3-2-4-20(21)29/h2-13,23-24H,14-15H2,1H3,(H,30,34). The van der Waals surface area contributed by atoms with Gasteiger partial charge in [0.15, 0.2) is 5.17 Å². The number of carbonyl (C=O) groups is 2. The van der Waals surface area contributed by atoms with E-state index in [0.29, 0.717) is 11.6 Å². The van der Waals surface area contributed by atoms with Crippen LogP contribution in [0.4, 0.5) is 14.5 Å². The van der Waals surface area contributed by atoms with Crippen LogP contribution in [0.3, 0.4) is 0 Å². The summed E-state index contributed by atoms with van der Waals surface area (Å²) in [6, 6.07) is 19.8. The largest absolute Gasteiger partial charge is 0.324 e. The van der Waals surface area contributed by atoms with Gasteiger partial charge in [0.05, 0.1) is 17.4 Å². The molecule has 0 bridgehead atoms. The summed E-state index contributed by atoms with van der Waals surface area (Å²) in [5, 5.41) is 8.63. The molecule has 9 heteroatoms. The third-order valence-corrected chi connectivity index (χ3v) is 7.14. The number of nitrogens with zero attached hydrogens (tertiary/aromatic N) is 3. The first-order chi connectivity index (χ1) is 17.4. The van der Waals surface area contributed by atoms with Crippen LogP contribution in [0.25, 0.3) is 0 Å². The van der Waals surface area contributed by atoms with E-state index in [9.17, 15) is 18.4 Å². The topological polar surface area (TPSA) is 74.1 Å². The minimum Gasteiger partial charge on any atom is -0.324 e. The maximum atomic E-state index is 13.9. The van der Waals surface area contributed by atoms with Crippen LogP contribution in [0.2, 0.25) is 0 Å². The lowest BCUT2D eigenvalue weighted by Crippen LogP contribution is -2.25. The molecule has 5 rings (SSSR count). The third kappa shape index (κ3) is 5.06. The van der Waals surface area contributed by atoms with Crippen LogP contribution >= 0.6 is 11.8 Å². The molecule has 1 N–H and O–H groups in total. The Morgan fingerprint density at radius 2 is 1.78 bits per heavy atom. The molecule has 182 valence electrons. The number of aliphatic imine (C=N–C) groups is 1. The molecule has 0 saturated heterocycles. The second-order valence-corrected chi connectivity index (χ2v) is 9.77. The summed E-state index contributed by atoms with van der Waals surface area (Å²) in [4.78, 5) is 29.4. The fourth-order valence-electron chi connectivity index (χ4n) is 4.09. The summed E-state index contributed by atoms with van der Waals surface area (Å²) in [6.45, 7) is 2.00. The predicted octanol–water partition coefficient (Wildman–Crippen LogP) is 5.45. The molecule has 36 heavy (non-hydrogen) atoms. The summed E-state index contributed by atoms with van der Waals surface area (Å²) >= 11 is 1.17. The van der Waals surface area contributed by atoms with Crippen molar-refractivity contribution in [2.75, 3.05) is 5.32 Å². The summed E-state index contributed by atoms with van der Waals surface area (Å²) in [5.41, 5.74) is 3.71. The number of aryl methyl sites for hydroxylation is 1. The number of hydrazone groups is 1. The van der Waals surface area contributed by atoms with Gasteiger partial charge in [0.25, 0.3) is 5.91 Å². The summed E-state index contributed by atoms with van der Waals surface area (Å²) < 4.78 is 27.3. The second kappa shape index (κ2) is 10.0. The smallest absolute Gasteiger partial charge is 0.262 e. The Morgan fingerprint density at radius 3 is 2.50 bits per heavy atom. The minimum atomic E-state index is -0.740. The molecule has 0 spiro atoms. The predicted molar refractivity (Wildman–Crippen MR) is 137 cm³/mol. The number of nitrogens with one attached hydrogen (secondary N) is 1. The molecule has 0 fully saturated rings. The molecule has 6 nitrogen and oxygen atoms in total. The van der Waals surface area contributed by atoms with Crippen molar-refractivity contribution in [3.8, 4) is 0 Å². The van der Waals surface area contributed by atoms with Gasteiger partial charge in [0.1, 0.15) is 16.9 Å². The molecular formula is C27H22F2N4O2S. The van der Waals surface area contributed by atoms with Gasteiger partial charge in [-0.15, -0.1) is 0 Å². The molecule has 2 aliphatic rings. The van der Waals surface area contributed by atoms with E-state index in [1.54, 1.807) is 23.2 Å². The maximum absolute atomic E-state index is 13.9. The number of benzene rings is 3. The van der Waals surface area contributed by atoms with E-state index < -0.39 is 22.9 Å². The lowest BCUT2D eigenvalue weighted by Gasteiger charge is -2.23. The number of para-hydroxylation sites is 1. The molecule has 3 aromatic rings. The number of thioether (sulfide) groups is 1. The number of amidine groups is 1. The van der Waals surface area contributed by atoms with E-state index in [1.165, 1.54) is 42.1 Å². The molecule has 2 atom stereocenters. The van der Waals surface area contributed by atoms with Crippen LogP contribution in [-0.4, -0.2) is 33.0 Å². The Bertz CT molecular complexity index is 1370. The minimum absolute atomic E-state index is 0.0617. The number of amides is 2. The van der Waals surface area contributed by atoms with E-state index in [0.717, 1.165) is 22.4 Å². The number of hydrogen-bond acceptors (Lipinski definition) is 5.